The van der Waals surface area contributed by atoms with E-state index >= 15 is 0 Å². The van der Waals surface area contributed by atoms with Crippen LogP contribution in [0.15, 0.2) is 6.07 Å². The van der Waals surface area contributed by atoms with Gasteiger partial charge in [0.2, 0.25) is 12.4 Å². The van der Waals surface area contributed by atoms with Crippen LogP contribution in [0.25, 0.3) is 0 Å². The largest absolute Gasteiger partial charge is 0.378 e. The van der Waals surface area contributed by atoms with Crippen molar-refractivity contribution >= 4 is 24.1 Å². The van der Waals surface area contributed by atoms with Crippen molar-refractivity contribution in [2.75, 3.05) is 36.6 Å². The maximum absolute atomic E-state index is 12.8. The van der Waals surface area contributed by atoms with E-state index in [1.807, 2.05) is 13.0 Å². The van der Waals surface area contributed by atoms with Gasteiger partial charge in [0.15, 0.2) is 0 Å². The number of nitrogens with zero attached hydrogens (tertiary/aromatic N) is 4. The van der Waals surface area contributed by atoms with Crippen LogP contribution < -0.4 is 15.8 Å². The van der Waals surface area contributed by atoms with Gasteiger partial charge in [0.05, 0.1) is 13.2 Å². The molecule has 160 valence electrons. The number of ether oxygens (including phenoxy) is 1. The van der Waals surface area contributed by atoms with Gasteiger partial charge in [-0.3, -0.25) is 25.6 Å². The molecule has 3 N–H and O–H groups in total. The van der Waals surface area contributed by atoms with Gasteiger partial charge in [0.1, 0.15) is 11.9 Å². The molecule has 1 aliphatic heterocycles. The highest BCUT2D eigenvalue weighted by Gasteiger charge is 2.35. The summed E-state index contributed by atoms with van der Waals surface area (Å²) in [7, 11) is 0. The zero-order chi connectivity index (χ0) is 20.8. The number of rotatable bonds is 7. The summed E-state index contributed by atoms with van der Waals surface area (Å²) in [4.78, 5) is 34.8. The van der Waals surface area contributed by atoms with Crippen LogP contribution in [0.1, 0.15) is 38.3 Å². The number of nitrogens with one attached hydrogen (secondary N) is 2. The molecule has 2 aliphatic rings. The summed E-state index contributed by atoms with van der Waals surface area (Å²) in [6.45, 7) is 6.79. The monoisotopic (exact) mass is 406 g/mol. The van der Waals surface area contributed by atoms with E-state index in [9.17, 15) is 14.8 Å². The smallest absolute Gasteiger partial charge is 0.264 e. The predicted octanol–water partition coefficient (Wildman–Crippen LogP) is 1.11. The highest BCUT2D eigenvalue weighted by Crippen LogP contribution is 2.32. The van der Waals surface area contributed by atoms with Crippen LogP contribution in [0.3, 0.4) is 0 Å². The van der Waals surface area contributed by atoms with Crippen LogP contribution >= 0.6 is 0 Å². The van der Waals surface area contributed by atoms with Crippen LogP contribution in [0, 0.1) is 18.8 Å². The molecule has 2 amide bonds. The number of hydrogen-bond acceptors (Lipinski definition) is 8. The molecule has 0 bridgehead atoms. The van der Waals surface area contributed by atoms with E-state index in [0.29, 0.717) is 24.2 Å². The van der Waals surface area contributed by atoms with Crippen molar-refractivity contribution in [3.05, 3.63) is 11.8 Å². The third-order valence-electron chi connectivity index (χ3n) is 5.64. The maximum atomic E-state index is 12.8. The summed E-state index contributed by atoms with van der Waals surface area (Å²) in [5.74, 6) is 1.02. The number of amides is 2. The number of carbonyl (C=O) groups excluding carboxylic acids is 2. The minimum absolute atomic E-state index is 0.0921. The van der Waals surface area contributed by atoms with Gasteiger partial charge < -0.3 is 9.64 Å². The van der Waals surface area contributed by atoms with Crippen LogP contribution in [-0.4, -0.2) is 64.9 Å². The van der Waals surface area contributed by atoms with E-state index in [4.69, 9.17) is 4.74 Å². The van der Waals surface area contributed by atoms with Crippen molar-refractivity contribution in [2.24, 2.45) is 11.8 Å². The lowest BCUT2D eigenvalue weighted by atomic mass is 9.79. The van der Waals surface area contributed by atoms with Crippen LogP contribution in [-0.2, 0) is 14.3 Å². The minimum Gasteiger partial charge on any atom is -0.378 e. The van der Waals surface area contributed by atoms with E-state index in [-0.39, 0.29) is 18.3 Å². The maximum Gasteiger partial charge on any atom is 0.264 e. The Hall–Kier alpha value is -2.46. The summed E-state index contributed by atoms with van der Waals surface area (Å²) < 4.78 is 5.37. The molecule has 0 aromatic carbocycles. The van der Waals surface area contributed by atoms with Crippen molar-refractivity contribution in [1.29, 1.82) is 0 Å². The molecule has 1 atom stereocenters. The quantitative estimate of drug-likeness (QED) is 0.350. The molecule has 29 heavy (non-hydrogen) atoms. The predicted molar refractivity (Wildman–Crippen MR) is 106 cm³/mol. The number of morpholine rings is 1. The Labute approximate surface area is 170 Å². The number of carbonyl (C=O) groups is 2. The van der Waals surface area contributed by atoms with Crippen molar-refractivity contribution in [1.82, 2.24) is 20.5 Å². The highest BCUT2D eigenvalue weighted by atomic mass is 16.5. The lowest BCUT2D eigenvalue weighted by Gasteiger charge is -2.34. The molecular formula is C19H30N6O4. The van der Waals surface area contributed by atoms with Crippen LogP contribution in [0.4, 0.5) is 11.8 Å². The lowest BCUT2D eigenvalue weighted by molar-refractivity contribution is -0.173. The topological polar surface area (TPSA) is 120 Å². The summed E-state index contributed by atoms with van der Waals surface area (Å²) in [5.41, 5.74) is 6.06. The second-order valence-electron chi connectivity index (χ2n) is 7.86. The van der Waals surface area contributed by atoms with Crippen molar-refractivity contribution < 1.29 is 19.5 Å². The van der Waals surface area contributed by atoms with Gasteiger partial charge in [-0.25, -0.2) is 10.0 Å². The molecule has 10 nitrogen and oxygen atoms in total. The van der Waals surface area contributed by atoms with E-state index in [2.05, 4.69) is 32.6 Å². The number of hydrazine groups is 1. The number of anilines is 2. The Bertz CT molecular complexity index is 704. The summed E-state index contributed by atoms with van der Waals surface area (Å²) in [6, 6.07) is 0.933. The van der Waals surface area contributed by atoms with E-state index in [0.717, 1.165) is 50.3 Å². The Morgan fingerprint density at radius 2 is 2.00 bits per heavy atom. The van der Waals surface area contributed by atoms with Gasteiger partial charge in [-0.05, 0) is 31.6 Å². The zero-order valence-corrected chi connectivity index (χ0v) is 17.0. The molecule has 2 heterocycles. The summed E-state index contributed by atoms with van der Waals surface area (Å²) in [5, 5.41) is 10.5. The number of aromatic nitrogens is 2. The van der Waals surface area contributed by atoms with Crippen LogP contribution in [0.5, 0.6) is 0 Å². The fourth-order valence-corrected chi connectivity index (χ4v) is 3.97. The SMILES string of the molecule is Cc1cc(N2CCOCC2)nc(NNC(=O)C(C2CCC(C)CC2)N(O)C=O)n1. The number of hydroxylamine groups is 2. The molecule has 1 aliphatic carbocycles. The van der Waals surface area contributed by atoms with Gasteiger partial charge in [-0.1, -0.05) is 19.8 Å². The van der Waals surface area contributed by atoms with E-state index < -0.39 is 11.9 Å². The zero-order valence-electron chi connectivity index (χ0n) is 17.0. The van der Waals surface area contributed by atoms with Gasteiger partial charge in [-0.15, -0.1) is 0 Å². The Kier molecular flexibility index (Phi) is 7.21. The Balaban J connectivity index is 1.66. The molecule has 10 heteroatoms. The average Bonchev–Trinajstić information content (AvgIpc) is 2.74. The first-order chi connectivity index (χ1) is 14.0. The van der Waals surface area contributed by atoms with Crippen molar-refractivity contribution in [2.45, 2.75) is 45.6 Å². The third kappa shape index (κ3) is 5.54. The van der Waals surface area contributed by atoms with Crippen LogP contribution in [0.2, 0.25) is 0 Å². The second-order valence-corrected chi connectivity index (χ2v) is 7.86. The van der Waals surface area contributed by atoms with Crippen molar-refractivity contribution in [3.63, 3.8) is 0 Å². The minimum atomic E-state index is -0.948. The second kappa shape index (κ2) is 9.84. The molecule has 1 aromatic heterocycles. The van der Waals surface area contributed by atoms with Gasteiger partial charge in [0, 0.05) is 24.8 Å². The summed E-state index contributed by atoms with van der Waals surface area (Å²) in [6.07, 6.45) is 3.79. The normalized spacial score (nSPS) is 23.2. The standard InChI is InChI=1S/C19H30N6O4/c1-13-3-5-15(6-4-13)17(25(28)12-26)18(27)22-23-19-20-14(2)11-16(21-19)24-7-9-29-10-8-24/h11-13,15,17,28H,3-10H2,1-2H3,(H,22,27)(H,20,21,23). The Morgan fingerprint density at radius 1 is 1.31 bits per heavy atom. The molecule has 1 unspecified atom stereocenters. The molecule has 3 rings (SSSR count). The molecule has 1 saturated heterocycles. The number of aryl methyl sites for hydroxylation is 1. The fraction of sp³-hybridized carbons (Fsp3) is 0.684. The number of hydrogen-bond donors (Lipinski definition) is 3. The average molecular weight is 406 g/mol. The molecule has 0 radical (unpaired) electrons. The van der Waals surface area contributed by atoms with Gasteiger partial charge in [-0.2, -0.15) is 4.98 Å². The van der Waals surface area contributed by atoms with Gasteiger partial charge in [0.25, 0.3) is 5.91 Å². The van der Waals surface area contributed by atoms with E-state index in [1.165, 1.54) is 0 Å². The molecule has 1 saturated carbocycles. The fourth-order valence-electron chi connectivity index (χ4n) is 3.97. The first kappa shape index (κ1) is 21.3. The first-order valence-corrected chi connectivity index (χ1v) is 10.1. The first-order valence-electron chi connectivity index (χ1n) is 10.1. The van der Waals surface area contributed by atoms with Crippen molar-refractivity contribution in [3.8, 4) is 0 Å². The Morgan fingerprint density at radius 3 is 2.66 bits per heavy atom. The van der Waals surface area contributed by atoms with E-state index in [1.54, 1.807) is 0 Å². The molecule has 1 aromatic rings. The highest BCUT2D eigenvalue weighted by molar-refractivity contribution is 5.84. The molecular weight excluding hydrogens is 376 g/mol. The summed E-state index contributed by atoms with van der Waals surface area (Å²) >= 11 is 0. The lowest BCUT2D eigenvalue weighted by Crippen LogP contribution is -2.51. The van der Waals surface area contributed by atoms with Gasteiger partial charge >= 0.3 is 0 Å². The molecule has 0 spiro atoms. The third-order valence-corrected chi connectivity index (χ3v) is 5.64. The molecule has 2 fully saturated rings.